The van der Waals surface area contributed by atoms with Gasteiger partial charge in [0, 0.05) is 0 Å². The first kappa shape index (κ1) is 19.2. The normalized spacial score (nSPS) is 14.2. The zero-order valence-electron chi connectivity index (χ0n) is 15.9. The van der Waals surface area contributed by atoms with Crippen molar-refractivity contribution < 1.29 is 18.4 Å². The Morgan fingerprint density at radius 2 is 1.76 bits per heavy atom. The van der Waals surface area contributed by atoms with Crippen molar-refractivity contribution in [1.29, 1.82) is 0 Å². The first-order valence-electron chi connectivity index (χ1n) is 9.07. The van der Waals surface area contributed by atoms with Crippen LogP contribution in [0.15, 0.2) is 70.2 Å². The Balaban J connectivity index is 1.80. The second kappa shape index (κ2) is 7.72. The Morgan fingerprint density at radius 1 is 0.966 bits per heavy atom. The number of carbonyl (C=O) groups excluding carboxylic acids is 2. The van der Waals surface area contributed by atoms with E-state index >= 15 is 0 Å². The van der Waals surface area contributed by atoms with E-state index in [2.05, 4.69) is 0 Å². The number of halogens is 1. The minimum absolute atomic E-state index is 0.0440. The predicted octanol–water partition coefficient (Wildman–Crippen LogP) is 5.25. The van der Waals surface area contributed by atoms with Crippen molar-refractivity contribution in [2.45, 2.75) is 19.6 Å². The number of carbonyl (C=O) groups is 2. The van der Waals surface area contributed by atoms with Gasteiger partial charge in [-0.15, -0.1) is 11.8 Å². The summed E-state index contributed by atoms with van der Waals surface area (Å²) in [7, 11) is 0. The molecule has 0 radical (unpaired) electrons. The van der Waals surface area contributed by atoms with Crippen LogP contribution < -0.4 is 4.90 Å². The number of rotatable bonds is 5. The zero-order valence-corrected chi connectivity index (χ0v) is 16.8. The number of amides is 2. The van der Waals surface area contributed by atoms with Crippen molar-refractivity contribution in [2.24, 2.45) is 0 Å². The van der Waals surface area contributed by atoms with E-state index in [0.29, 0.717) is 17.1 Å². The third-order valence-corrected chi connectivity index (χ3v) is 5.97. The number of benzene rings is 2. The molecule has 4 rings (SSSR count). The van der Waals surface area contributed by atoms with E-state index in [1.54, 1.807) is 24.5 Å². The van der Waals surface area contributed by atoms with Crippen molar-refractivity contribution in [3.63, 3.8) is 0 Å². The fourth-order valence-electron chi connectivity index (χ4n) is 3.18. The summed E-state index contributed by atoms with van der Waals surface area (Å²) in [5, 5.41) is 0. The van der Waals surface area contributed by atoms with E-state index < -0.39 is 17.6 Å². The van der Waals surface area contributed by atoms with Gasteiger partial charge in [-0.3, -0.25) is 9.59 Å². The lowest BCUT2D eigenvalue weighted by atomic mass is 10.0. The molecule has 3 aromatic rings. The molecule has 1 aliphatic rings. The first-order chi connectivity index (χ1) is 14.0. The third-order valence-electron chi connectivity index (χ3n) is 4.87. The lowest BCUT2D eigenvalue weighted by Crippen LogP contribution is -2.32. The zero-order chi connectivity index (χ0) is 20.5. The average molecular weight is 407 g/mol. The van der Waals surface area contributed by atoms with Gasteiger partial charge in [0.2, 0.25) is 0 Å². The number of thioether (sulfide) groups is 1. The molecule has 2 aromatic carbocycles. The van der Waals surface area contributed by atoms with Gasteiger partial charge in [-0.1, -0.05) is 30.3 Å². The molecule has 6 heteroatoms. The quantitative estimate of drug-likeness (QED) is 0.542. The molecule has 0 aliphatic carbocycles. The molecular weight excluding hydrogens is 389 g/mol. The maximum absolute atomic E-state index is 14.4. The minimum Gasteiger partial charge on any atom is -0.468 e. The fraction of sp³-hybridized carbons (Fsp3) is 0.130. The molecule has 0 unspecified atom stereocenters. The SMILES string of the molecule is Cc1ccc(C2=C(SCc3ccco3)C(=O)N(c3ccccc3F)C2=O)cc1C. The highest BCUT2D eigenvalue weighted by Gasteiger charge is 2.41. The molecule has 146 valence electrons. The molecule has 0 N–H and O–H groups in total. The van der Waals surface area contributed by atoms with Crippen LogP contribution in [-0.4, -0.2) is 11.8 Å². The van der Waals surface area contributed by atoms with Gasteiger partial charge in [-0.2, -0.15) is 0 Å². The maximum Gasteiger partial charge on any atom is 0.272 e. The van der Waals surface area contributed by atoms with E-state index in [9.17, 15) is 14.0 Å². The number of furan rings is 1. The molecule has 0 saturated carbocycles. The van der Waals surface area contributed by atoms with E-state index in [1.807, 2.05) is 32.0 Å². The summed E-state index contributed by atoms with van der Waals surface area (Å²) < 4.78 is 19.7. The largest absolute Gasteiger partial charge is 0.468 e. The van der Waals surface area contributed by atoms with Crippen molar-refractivity contribution in [1.82, 2.24) is 0 Å². The van der Waals surface area contributed by atoms with Crippen molar-refractivity contribution in [3.05, 3.63) is 94.0 Å². The molecule has 0 bridgehead atoms. The molecule has 2 heterocycles. The smallest absolute Gasteiger partial charge is 0.272 e. The van der Waals surface area contributed by atoms with Crippen molar-refractivity contribution >= 4 is 34.8 Å². The second-order valence-corrected chi connectivity index (χ2v) is 7.75. The maximum atomic E-state index is 14.4. The summed E-state index contributed by atoms with van der Waals surface area (Å²) in [6.07, 6.45) is 1.56. The number of hydrogen-bond donors (Lipinski definition) is 0. The molecule has 0 spiro atoms. The summed E-state index contributed by atoms with van der Waals surface area (Å²) in [5.41, 5.74) is 2.99. The topological polar surface area (TPSA) is 50.5 Å². The Bertz CT molecular complexity index is 1130. The van der Waals surface area contributed by atoms with Crippen LogP contribution >= 0.6 is 11.8 Å². The van der Waals surface area contributed by atoms with Crippen LogP contribution in [0.25, 0.3) is 5.57 Å². The van der Waals surface area contributed by atoms with Crippen molar-refractivity contribution in [2.75, 3.05) is 4.90 Å². The standard InChI is InChI=1S/C23H18FNO3S/c1-14-9-10-16(12-15(14)2)20-21(29-13-17-6-5-11-28-17)23(27)25(22(20)26)19-8-4-3-7-18(19)24/h3-12H,13H2,1-2H3. The molecule has 29 heavy (non-hydrogen) atoms. The van der Waals surface area contributed by atoms with Crippen LogP contribution in [0.4, 0.5) is 10.1 Å². The number of hydrogen-bond acceptors (Lipinski definition) is 4. The van der Waals surface area contributed by atoms with Gasteiger partial charge in [-0.25, -0.2) is 9.29 Å². The van der Waals surface area contributed by atoms with Crippen LogP contribution in [0.2, 0.25) is 0 Å². The highest BCUT2D eigenvalue weighted by molar-refractivity contribution is 8.03. The third kappa shape index (κ3) is 3.51. The number of para-hydroxylation sites is 1. The second-order valence-electron chi connectivity index (χ2n) is 6.77. The Hall–Kier alpha value is -3.12. The number of nitrogens with zero attached hydrogens (tertiary/aromatic N) is 1. The van der Waals surface area contributed by atoms with Gasteiger partial charge in [0.25, 0.3) is 11.8 Å². The summed E-state index contributed by atoms with van der Waals surface area (Å²) in [6, 6.07) is 15.0. The van der Waals surface area contributed by atoms with Gasteiger partial charge >= 0.3 is 0 Å². The predicted molar refractivity (Wildman–Crippen MR) is 112 cm³/mol. The van der Waals surface area contributed by atoms with Gasteiger partial charge in [0.1, 0.15) is 11.6 Å². The van der Waals surface area contributed by atoms with Crippen LogP contribution in [0.5, 0.6) is 0 Å². The lowest BCUT2D eigenvalue weighted by Gasteiger charge is -2.16. The monoisotopic (exact) mass is 407 g/mol. The highest BCUT2D eigenvalue weighted by Crippen LogP contribution is 2.40. The molecular formula is C23H18FNO3S. The number of anilines is 1. The van der Waals surface area contributed by atoms with E-state index in [-0.39, 0.29) is 16.2 Å². The average Bonchev–Trinajstić information content (AvgIpc) is 3.30. The molecule has 0 saturated heterocycles. The molecule has 0 fully saturated rings. The van der Waals surface area contributed by atoms with Crippen molar-refractivity contribution in [3.8, 4) is 0 Å². The lowest BCUT2D eigenvalue weighted by molar-refractivity contribution is -0.119. The molecule has 1 aromatic heterocycles. The Labute approximate surface area is 172 Å². The first-order valence-corrected chi connectivity index (χ1v) is 10.1. The Kier molecular flexibility index (Phi) is 5.11. The minimum atomic E-state index is -0.620. The summed E-state index contributed by atoms with van der Waals surface area (Å²) >= 11 is 1.22. The van der Waals surface area contributed by atoms with Crippen LogP contribution in [0.3, 0.4) is 0 Å². The molecule has 4 nitrogen and oxygen atoms in total. The highest BCUT2D eigenvalue weighted by atomic mass is 32.2. The van der Waals surface area contributed by atoms with Gasteiger partial charge in [0.05, 0.1) is 28.2 Å². The summed E-state index contributed by atoms with van der Waals surface area (Å²) in [4.78, 5) is 27.7. The summed E-state index contributed by atoms with van der Waals surface area (Å²) in [6.45, 7) is 3.93. The fourth-order valence-corrected chi connectivity index (χ4v) is 4.20. The number of aryl methyl sites for hydroxylation is 2. The van der Waals surface area contributed by atoms with E-state index in [1.165, 1.54) is 30.0 Å². The molecule has 1 aliphatic heterocycles. The van der Waals surface area contributed by atoms with Crippen LogP contribution in [-0.2, 0) is 15.3 Å². The Morgan fingerprint density at radius 3 is 2.45 bits per heavy atom. The van der Waals surface area contributed by atoms with Crippen LogP contribution in [0.1, 0.15) is 22.5 Å². The van der Waals surface area contributed by atoms with E-state index in [4.69, 9.17) is 4.42 Å². The van der Waals surface area contributed by atoms with Gasteiger partial charge in [0.15, 0.2) is 0 Å². The van der Waals surface area contributed by atoms with Gasteiger partial charge in [-0.05, 0) is 54.8 Å². The molecule has 2 amide bonds. The number of imide groups is 1. The molecule has 0 atom stereocenters. The summed E-state index contributed by atoms with van der Waals surface area (Å²) in [5.74, 6) is -0.589. The van der Waals surface area contributed by atoms with Gasteiger partial charge < -0.3 is 4.42 Å². The van der Waals surface area contributed by atoms with E-state index in [0.717, 1.165) is 16.0 Å². The van der Waals surface area contributed by atoms with Crippen LogP contribution in [0, 0.1) is 19.7 Å².